The van der Waals surface area contributed by atoms with Gasteiger partial charge >= 0.3 is 0 Å². The number of hydrogen-bond donors (Lipinski definition) is 0. The van der Waals surface area contributed by atoms with Crippen LogP contribution in [0.3, 0.4) is 0 Å². The molecule has 0 N–H and O–H groups in total. The summed E-state index contributed by atoms with van der Waals surface area (Å²) in [6.45, 7) is 2.62. The number of nitrogens with zero attached hydrogens (tertiary/aromatic N) is 2. The van der Waals surface area contributed by atoms with Gasteiger partial charge in [-0.05, 0) is 66.4 Å². The molecule has 0 radical (unpaired) electrons. The van der Waals surface area contributed by atoms with Gasteiger partial charge in [0.1, 0.15) is 11.5 Å². The molecule has 0 amide bonds. The van der Waals surface area contributed by atoms with E-state index < -0.39 is 10.0 Å². The third-order valence-electron chi connectivity index (χ3n) is 6.45. The van der Waals surface area contributed by atoms with E-state index in [2.05, 4.69) is 4.90 Å². The van der Waals surface area contributed by atoms with Crippen molar-refractivity contribution in [2.75, 3.05) is 27.3 Å². The van der Waals surface area contributed by atoms with E-state index in [1.807, 2.05) is 48.5 Å². The SMILES string of the molecule is COc1ccc(S(=O)(=O)N(Cc2cccc(OC)c2)C2CCN(Cc3ccccc3Cl)CC2)cc1. The average Bonchev–Trinajstić information content (AvgIpc) is 2.89. The minimum absolute atomic E-state index is 0.115. The fourth-order valence-corrected chi connectivity index (χ4v) is 6.35. The first-order chi connectivity index (χ1) is 16.9. The maximum atomic E-state index is 13.8. The molecule has 0 unspecified atom stereocenters. The summed E-state index contributed by atoms with van der Waals surface area (Å²) in [5.74, 6) is 1.33. The molecule has 1 aliphatic heterocycles. The second-order valence-corrected chi connectivity index (χ2v) is 11.0. The van der Waals surface area contributed by atoms with Crippen LogP contribution in [0.15, 0.2) is 77.7 Å². The molecular weight excluding hydrogens is 484 g/mol. The highest BCUT2D eigenvalue weighted by molar-refractivity contribution is 7.89. The van der Waals surface area contributed by atoms with Gasteiger partial charge < -0.3 is 9.47 Å². The summed E-state index contributed by atoms with van der Waals surface area (Å²) < 4.78 is 39.9. The molecule has 0 bridgehead atoms. The normalized spacial score (nSPS) is 15.3. The minimum Gasteiger partial charge on any atom is -0.497 e. The van der Waals surface area contributed by atoms with Crippen LogP contribution in [0.25, 0.3) is 0 Å². The number of hydrogen-bond acceptors (Lipinski definition) is 5. The molecule has 4 rings (SSSR count). The summed E-state index contributed by atoms with van der Waals surface area (Å²) >= 11 is 6.35. The van der Waals surface area contributed by atoms with Gasteiger partial charge in [-0.25, -0.2) is 8.42 Å². The third kappa shape index (κ3) is 6.16. The number of benzene rings is 3. The summed E-state index contributed by atoms with van der Waals surface area (Å²) in [6.07, 6.45) is 1.48. The first-order valence-corrected chi connectivity index (χ1v) is 13.5. The lowest BCUT2D eigenvalue weighted by molar-refractivity contribution is 0.150. The lowest BCUT2D eigenvalue weighted by Crippen LogP contribution is -2.46. The van der Waals surface area contributed by atoms with Crippen LogP contribution in [0.1, 0.15) is 24.0 Å². The number of sulfonamides is 1. The monoisotopic (exact) mass is 514 g/mol. The van der Waals surface area contributed by atoms with Gasteiger partial charge in [-0.15, -0.1) is 0 Å². The number of methoxy groups -OCH3 is 2. The first-order valence-electron chi connectivity index (χ1n) is 11.7. The number of piperidine rings is 1. The molecule has 8 heteroatoms. The molecule has 1 fully saturated rings. The molecule has 3 aromatic carbocycles. The van der Waals surface area contributed by atoms with Crippen LogP contribution in [-0.2, 0) is 23.1 Å². The highest BCUT2D eigenvalue weighted by atomic mass is 35.5. The first kappa shape index (κ1) is 25.5. The van der Waals surface area contributed by atoms with Crippen LogP contribution in [0.4, 0.5) is 0 Å². The maximum absolute atomic E-state index is 13.8. The van der Waals surface area contributed by atoms with Crippen molar-refractivity contribution in [2.24, 2.45) is 0 Å². The van der Waals surface area contributed by atoms with E-state index in [9.17, 15) is 8.42 Å². The molecule has 0 spiro atoms. The summed E-state index contributed by atoms with van der Waals surface area (Å²) in [7, 11) is -0.554. The fraction of sp³-hybridized carbons (Fsp3) is 0.333. The summed E-state index contributed by atoms with van der Waals surface area (Å²) in [5, 5.41) is 0.761. The average molecular weight is 515 g/mol. The predicted molar refractivity (Wildman–Crippen MR) is 138 cm³/mol. The zero-order valence-electron chi connectivity index (χ0n) is 20.1. The smallest absolute Gasteiger partial charge is 0.243 e. The maximum Gasteiger partial charge on any atom is 0.243 e. The largest absolute Gasteiger partial charge is 0.497 e. The van der Waals surface area contributed by atoms with E-state index >= 15 is 0 Å². The van der Waals surface area contributed by atoms with E-state index in [1.54, 1.807) is 42.8 Å². The molecule has 186 valence electrons. The zero-order chi connectivity index (χ0) is 24.8. The van der Waals surface area contributed by atoms with Crippen LogP contribution in [0.5, 0.6) is 11.5 Å². The molecule has 0 aliphatic carbocycles. The Kier molecular flexibility index (Phi) is 8.34. The van der Waals surface area contributed by atoms with Gasteiger partial charge in [-0.1, -0.05) is 41.9 Å². The molecule has 3 aromatic rings. The van der Waals surface area contributed by atoms with Crippen molar-refractivity contribution in [2.45, 2.75) is 36.9 Å². The fourth-order valence-electron chi connectivity index (χ4n) is 4.48. The van der Waals surface area contributed by atoms with Crippen LogP contribution in [0.2, 0.25) is 5.02 Å². The summed E-state index contributed by atoms with van der Waals surface area (Å²) in [4.78, 5) is 2.60. The van der Waals surface area contributed by atoms with Crippen molar-refractivity contribution in [1.29, 1.82) is 0 Å². The molecule has 0 atom stereocenters. The van der Waals surface area contributed by atoms with E-state index in [0.717, 1.165) is 48.6 Å². The van der Waals surface area contributed by atoms with Crippen LogP contribution < -0.4 is 9.47 Å². The highest BCUT2D eigenvalue weighted by Gasteiger charge is 2.34. The molecule has 35 heavy (non-hydrogen) atoms. The Morgan fingerprint density at radius 2 is 1.60 bits per heavy atom. The minimum atomic E-state index is -3.73. The summed E-state index contributed by atoms with van der Waals surface area (Å²) in [5.41, 5.74) is 1.98. The van der Waals surface area contributed by atoms with Crippen molar-refractivity contribution in [1.82, 2.24) is 9.21 Å². The predicted octanol–water partition coefficient (Wildman–Crippen LogP) is 5.21. The Morgan fingerprint density at radius 3 is 2.26 bits per heavy atom. The van der Waals surface area contributed by atoms with Crippen molar-refractivity contribution in [3.05, 3.63) is 88.9 Å². The molecular formula is C27H31ClN2O4S. The number of ether oxygens (including phenoxy) is 2. The zero-order valence-corrected chi connectivity index (χ0v) is 21.6. The lowest BCUT2D eigenvalue weighted by Gasteiger charge is -2.38. The van der Waals surface area contributed by atoms with Crippen molar-refractivity contribution in [3.63, 3.8) is 0 Å². The molecule has 0 aromatic heterocycles. The van der Waals surface area contributed by atoms with E-state index in [0.29, 0.717) is 11.5 Å². The Labute approximate surface area is 213 Å². The van der Waals surface area contributed by atoms with E-state index in [1.165, 1.54) is 0 Å². The Morgan fingerprint density at radius 1 is 0.914 bits per heavy atom. The van der Waals surface area contributed by atoms with Gasteiger partial charge in [0.2, 0.25) is 10.0 Å². The van der Waals surface area contributed by atoms with Crippen LogP contribution in [0, 0.1) is 0 Å². The molecule has 0 saturated carbocycles. The molecule has 6 nitrogen and oxygen atoms in total. The quantitative estimate of drug-likeness (QED) is 0.392. The molecule has 1 heterocycles. The van der Waals surface area contributed by atoms with Crippen molar-refractivity contribution < 1.29 is 17.9 Å². The lowest BCUT2D eigenvalue weighted by atomic mass is 10.0. The van der Waals surface area contributed by atoms with Gasteiger partial charge in [0, 0.05) is 37.2 Å². The highest BCUT2D eigenvalue weighted by Crippen LogP contribution is 2.29. The van der Waals surface area contributed by atoms with Gasteiger partial charge in [-0.3, -0.25) is 4.90 Å². The van der Waals surface area contributed by atoms with Gasteiger partial charge in [0.15, 0.2) is 0 Å². The molecule has 1 saturated heterocycles. The second kappa shape index (κ2) is 11.4. The molecule has 1 aliphatic rings. The van der Waals surface area contributed by atoms with E-state index in [-0.39, 0.29) is 17.5 Å². The van der Waals surface area contributed by atoms with Crippen molar-refractivity contribution >= 4 is 21.6 Å². The summed E-state index contributed by atoms with van der Waals surface area (Å²) in [6, 6.07) is 21.9. The van der Waals surface area contributed by atoms with E-state index in [4.69, 9.17) is 21.1 Å². The van der Waals surface area contributed by atoms with Gasteiger partial charge in [0.05, 0.1) is 19.1 Å². The Balaban J connectivity index is 1.56. The van der Waals surface area contributed by atoms with Crippen LogP contribution in [-0.4, -0.2) is 51.0 Å². The third-order valence-corrected chi connectivity index (χ3v) is 8.74. The van der Waals surface area contributed by atoms with Gasteiger partial charge in [-0.2, -0.15) is 4.31 Å². The van der Waals surface area contributed by atoms with Gasteiger partial charge in [0.25, 0.3) is 0 Å². The number of rotatable bonds is 9. The van der Waals surface area contributed by atoms with Crippen molar-refractivity contribution in [3.8, 4) is 11.5 Å². The Hall–Kier alpha value is -2.58. The number of likely N-dealkylation sites (tertiary alicyclic amines) is 1. The topological polar surface area (TPSA) is 59.1 Å². The standard InChI is InChI=1S/C27H31ClN2O4S/c1-33-24-10-12-26(13-11-24)35(31,32)30(19-21-6-5-8-25(18-21)34-2)23-14-16-29(17-15-23)20-22-7-3-4-9-27(22)28/h3-13,18,23H,14-17,19-20H2,1-2H3. The number of halogens is 1. The Bertz CT molecular complexity index is 1230. The second-order valence-electron chi connectivity index (χ2n) is 8.68. The van der Waals surface area contributed by atoms with Crippen LogP contribution >= 0.6 is 11.6 Å².